The highest BCUT2D eigenvalue weighted by molar-refractivity contribution is 5.00. The van der Waals surface area contributed by atoms with Gasteiger partial charge in [-0.15, -0.1) is 0 Å². The van der Waals surface area contributed by atoms with Gasteiger partial charge in [-0.1, -0.05) is 0 Å². The van der Waals surface area contributed by atoms with Crippen LogP contribution in [-0.4, -0.2) is 48.2 Å². The van der Waals surface area contributed by atoms with Crippen molar-refractivity contribution < 1.29 is 0 Å². The molecule has 100 valence electrons. The molecule has 0 saturated carbocycles. The Balaban J connectivity index is 1.92. The quantitative estimate of drug-likeness (QED) is 0.766. The third-order valence-corrected chi connectivity index (χ3v) is 4.05. The van der Waals surface area contributed by atoms with Crippen LogP contribution in [0.25, 0.3) is 0 Å². The van der Waals surface area contributed by atoms with Crippen molar-refractivity contribution in [1.82, 2.24) is 15.5 Å². The number of piperidine rings is 1. The predicted octanol–water partition coefficient (Wildman–Crippen LogP) is 1.59. The lowest BCUT2D eigenvalue weighted by molar-refractivity contribution is 0.140. The number of hydrogen-bond donors (Lipinski definition) is 2. The van der Waals surface area contributed by atoms with E-state index in [1.54, 1.807) is 0 Å². The predicted molar refractivity (Wildman–Crippen MR) is 73.4 cm³/mol. The fourth-order valence-electron chi connectivity index (χ4n) is 3.84. The minimum Gasteiger partial charge on any atom is -0.310 e. The first-order valence-electron chi connectivity index (χ1n) is 7.00. The summed E-state index contributed by atoms with van der Waals surface area (Å²) in [5.41, 5.74) is 0.508. The normalized spacial score (nSPS) is 34.1. The van der Waals surface area contributed by atoms with Crippen molar-refractivity contribution in [2.75, 3.05) is 20.1 Å². The minimum absolute atomic E-state index is 0.254. The average Bonchev–Trinajstić information content (AvgIpc) is 2.44. The summed E-state index contributed by atoms with van der Waals surface area (Å²) in [5, 5.41) is 7.62. The number of nitrogens with one attached hydrogen (secondary N) is 2. The van der Waals surface area contributed by atoms with Crippen LogP contribution in [0.1, 0.15) is 47.0 Å². The summed E-state index contributed by atoms with van der Waals surface area (Å²) < 4.78 is 0. The molecule has 1 unspecified atom stereocenters. The summed E-state index contributed by atoms with van der Waals surface area (Å²) in [6, 6.07) is 1.37. The van der Waals surface area contributed by atoms with Gasteiger partial charge in [-0.05, 0) is 60.5 Å². The number of rotatable bonds is 2. The molecule has 2 fully saturated rings. The van der Waals surface area contributed by atoms with Gasteiger partial charge in [0, 0.05) is 29.7 Å². The lowest BCUT2D eigenvalue weighted by Crippen LogP contribution is -2.62. The summed E-state index contributed by atoms with van der Waals surface area (Å²) >= 11 is 0. The lowest BCUT2D eigenvalue weighted by atomic mass is 9.79. The molecule has 0 aromatic carbocycles. The Bertz CT molecular complexity index is 257. The van der Waals surface area contributed by atoms with E-state index in [2.05, 4.69) is 50.3 Å². The van der Waals surface area contributed by atoms with Gasteiger partial charge in [0.2, 0.25) is 0 Å². The zero-order chi connectivity index (χ0) is 12.7. The van der Waals surface area contributed by atoms with Crippen molar-refractivity contribution in [3.8, 4) is 0 Å². The third kappa shape index (κ3) is 3.67. The molecule has 17 heavy (non-hydrogen) atoms. The van der Waals surface area contributed by atoms with E-state index < -0.39 is 0 Å². The van der Waals surface area contributed by atoms with Crippen LogP contribution in [-0.2, 0) is 0 Å². The van der Waals surface area contributed by atoms with E-state index in [1.165, 1.54) is 32.4 Å². The molecule has 0 radical (unpaired) electrons. The third-order valence-electron chi connectivity index (χ3n) is 4.05. The second-order valence-corrected chi connectivity index (χ2v) is 7.41. The highest BCUT2D eigenvalue weighted by Gasteiger charge is 2.38. The van der Waals surface area contributed by atoms with Gasteiger partial charge in [0.25, 0.3) is 0 Å². The molecular weight excluding hydrogens is 210 g/mol. The number of hydrogen-bond acceptors (Lipinski definition) is 3. The maximum absolute atomic E-state index is 3.88. The van der Waals surface area contributed by atoms with Crippen LogP contribution in [0.15, 0.2) is 0 Å². The molecule has 2 saturated heterocycles. The molecule has 0 bridgehead atoms. The Morgan fingerprint density at radius 1 is 1.06 bits per heavy atom. The van der Waals surface area contributed by atoms with E-state index >= 15 is 0 Å². The molecule has 0 spiro atoms. The van der Waals surface area contributed by atoms with Crippen molar-refractivity contribution in [1.29, 1.82) is 0 Å². The van der Waals surface area contributed by atoms with Crippen LogP contribution < -0.4 is 10.6 Å². The van der Waals surface area contributed by atoms with Gasteiger partial charge in [-0.2, -0.15) is 0 Å². The van der Waals surface area contributed by atoms with Gasteiger partial charge < -0.3 is 15.5 Å². The smallest absolute Gasteiger partial charge is 0.0209 e. The maximum atomic E-state index is 3.88. The number of likely N-dealkylation sites (N-methyl/N-ethyl adjacent to an activating group) is 1. The van der Waals surface area contributed by atoms with Crippen LogP contribution >= 0.6 is 0 Å². The van der Waals surface area contributed by atoms with Crippen molar-refractivity contribution in [2.45, 2.75) is 70.1 Å². The molecule has 3 heteroatoms. The first-order chi connectivity index (χ1) is 7.76. The van der Waals surface area contributed by atoms with Crippen molar-refractivity contribution >= 4 is 0 Å². The van der Waals surface area contributed by atoms with Gasteiger partial charge in [0.15, 0.2) is 0 Å². The Morgan fingerprint density at radius 2 is 1.65 bits per heavy atom. The molecule has 0 aliphatic carbocycles. The summed E-state index contributed by atoms with van der Waals surface area (Å²) in [5.74, 6) is 0. The average molecular weight is 239 g/mol. The number of nitrogens with zero attached hydrogens (tertiary/aromatic N) is 1. The zero-order valence-corrected chi connectivity index (χ0v) is 12.1. The van der Waals surface area contributed by atoms with Gasteiger partial charge in [-0.3, -0.25) is 0 Å². The molecule has 3 nitrogen and oxygen atoms in total. The summed E-state index contributed by atoms with van der Waals surface area (Å²) in [7, 11) is 2.22. The topological polar surface area (TPSA) is 27.3 Å². The van der Waals surface area contributed by atoms with Gasteiger partial charge >= 0.3 is 0 Å². The van der Waals surface area contributed by atoms with E-state index in [4.69, 9.17) is 0 Å². The SMILES string of the molecule is CN1CCC(NC2CC(C)(C)NC(C)(C)C2)C1. The molecule has 2 rings (SSSR count). The summed E-state index contributed by atoms with van der Waals surface area (Å²) in [6.45, 7) is 11.7. The van der Waals surface area contributed by atoms with Gasteiger partial charge in [0.1, 0.15) is 0 Å². The van der Waals surface area contributed by atoms with E-state index in [9.17, 15) is 0 Å². The first kappa shape index (κ1) is 13.3. The molecule has 2 heterocycles. The Morgan fingerprint density at radius 3 is 2.12 bits per heavy atom. The molecule has 2 aliphatic rings. The molecule has 1 atom stereocenters. The van der Waals surface area contributed by atoms with Gasteiger partial charge in [0.05, 0.1) is 0 Å². The fourth-order valence-corrected chi connectivity index (χ4v) is 3.84. The second-order valence-electron chi connectivity index (χ2n) is 7.41. The first-order valence-corrected chi connectivity index (χ1v) is 7.00. The molecule has 2 aliphatic heterocycles. The van der Waals surface area contributed by atoms with Crippen LogP contribution in [0, 0.1) is 0 Å². The van der Waals surface area contributed by atoms with Crippen LogP contribution in [0.4, 0.5) is 0 Å². The van der Waals surface area contributed by atoms with Crippen molar-refractivity contribution in [3.63, 3.8) is 0 Å². The zero-order valence-electron chi connectivity index (χ0n) is 12.1. The van der Waals surface area contributed by atoms with E-state index in [1.807, 2.05) is 0 Å². The standard InChI is InChI=1S/C14H29N3/c1-13(2)8-12(9-14(3,4)16-13)15-11-6-7-17(5)10-11/h11-12,15-16H,6-10H2,1-5H3. The highest BCUT2D eigenvalue weighted by atomic mass is 15.2. The van der Waals surface area contributed by atoms with Crippen molar-refractivity contribution in [2.24, 2.45) is 0 Å². The summed E-state index contributed by atoms with van der Waals surface area (Å²) in [4.78, 5) is 2.43. The van der Waals surface area contributed by atoms with Gasteiger partial charge in [-0.25, -0.2) is 0 Å². The maximum Gasteiger partial charge on any atom is 0.0209 e. The molecular formula is C14H29N3. The van der Waals surface area contributed by atoms with Crippen LogP contribution in [0.2, 0.25) is 0 Å². The lowest BCUT2D eigenvalue weighted by Gasteiger charge is -2.47. The Hall–Kier alpha value is -0.120. The monoisotopic (exact) mass is 239 g/mol. The van der Waals surface area contributed by atoms with E-state index in [0.717, 1.165) is 0 Å². The van der Waals surface area contributed by atoms with Crippen LogP contribution in [0.3, 0.4) is 0 Å². The Labute approximate surface area is 106 Å². The molecule has 2 N–H and O–H groups in total. The Kier molecular flexibility index (Phi) is 3.54. The van der Waals surface area contributed by atoms with E-state index in [-0.39, 0.29) is 11.1 Å². The second kappa shape index (κ2) is 4.52. The number of likely N-dealkylation sites (tertiary alicyclic amines) is 1. The van der Waals surface area contributed by atoms with E-state index in [0.29, 0.717) is 12.1 Å². The fraction of sp³-hybridized carbons (Fsp3) is 1.00. The summed E-state index contributed by atoms with van der Waals surface area (Å²) in [6.07, 6.45) is 3.77. The largest absolute Gasteiger partial charge is 0.310 e. The molecule has 0 amide bonds. The molecule has 0 aromatic rings. The van der Waals surface area contributed by atoms with Crippen molar-refractivity contribution in [3.05, 3.63) is 0 Å². The van der Waals surface area contributed by atoms with Crippen LogP contribution in [0.5, 0.6) is 0 Å². The minimum atomic E-state index is 0.254. The molecule has 0 aromatic heterocycles. The highest BCUT2D eigenvalue weighted by Crippen LogP contribution is 2.29.